The molecule has 1 aromatic carbocycles. The van der Waals surface area contributed by atoms with Crippen molar-refractivity contribution in [3.63, 3.8) is 0 Å². The fraction of sp³-hybridized carbons (Fsp3) is 0.450. The Morgan fingerprint density at radius 2 is 2.15 bits per heavy atom. The van der Waals surface area contributed by atoms with Gasteiger partial charge in [-0.05, 0) is 43.2 Å². The molecule has 144 valence electrons. The Balaban J connectivity index is 1.72. The zero-order valence-electron chi connectivity index (χ0n) is 15.3. The van der Waals surface area contributed by atoms with Crippen LogP contribution in [0.25, 0.3) is 16.5 Å². The van der Waals surface area contributed by atoms with Gasteiger partial charge in [0, 0.05) is 36.2 Å². The number of likely N-dealkylation sites (N-methyl/N-ethyl adjacent to an activating group) is 1. The number of aromatic nitrogens is 1. The lowest BCUT2D eigenvalue weighted by molar-refractivity contribution is -0.162. The summed E-state index contributed by atoms with van der Waals surface area (Å²) in [5.74, 6) is -1.03. The molecular weight excluding hydrogens is 355 g/mol. The first-order valence-electron chi connectivity index (χ1n) is 9.15. The van der Waals surface area contributed by atoms with E-state index in [1.807, 2.05) is 37.5 Å². The van der Waals surface area contributed by atoms with E-state index in [-0.39, 0.29) is 12.6 Å². The smallest absolute Gasteiger partial charge is 0.361 e. The number of aromatic amines is 1. The van der Waals surface area contributed by atoms with Crippen molar-refractivity contribution >= 4 is 22.4 Å². The van der Waals surface area contributed by atoms with Gasteiger partial charge in [0.1, 0.15) is 6.54 Å². The Labute approximate surface area is 155 Å². The third-order valence-corrected chi connectivity index (χ3v) is 5.65. The zero-order chi connectivity index (χ0) is 19.3. The second kappa shape index (κ2) is 6.41. The maximum Gasteiger partial charge on any atom is 0.406 e. The Kier molecular flexibility index (Phi) is 4.29. The van der Waals surface area contributed by atoms with E-state index in [0.29, 0.717) is 6.54 Å². The van der Waals surface area contributed by atoms with Gasteiger partial charge in [-0.25, -0.2) is 0 Å². The van der Waals surface area contributed by atoms with Gasteiger partial charge >= 0.3 is 6.18 Å². The summed E-state index contributed by atoms with van der Waals surface area (Å²) in [6, 6.07) is 6.15. The Morgan fingerprint density at radius 3 is 2.85 bits per heavy atom. The van der Waals surface area contributed by atoms with Crippen LogP contribution in [0.5, 0.6) is 0 Å². The van der Waals surface area contributed by atoms with Crippen LogP contribution < -0.4 is 0 Å². The van der Waals surface area contributed by atoms with Crippen LogP contribution in [0.15, 0.2) is 30.5 Å². The number of nitrogens with zero attached hydrogens (tertiary/aromatic N) is 2. The van der Waals surface area contributed by atoms with Gasteiger partial charge in [-0.2, -0.15) is 13.2 Å². The van der Waals surface area contributed by atoms with Gasteiger partial charge in [-0.15, -0.1) is 0 Å². The standard InChI is InChI=1S/C20H22F3N3O/c1-3-26(11-20(21,22)23)19(27)13-7-15-14-5-4-6-16-18(14)12(9-24-16)8-17(15)25(2)10-13/h4-7,9,13,17,24H,3,8,10-11H2,1-2H3/t13-,17-/m1/s1. The van der Waals surface area contributed by atoms with Crippen molar-refractivity contribution in [1.82, 2.24) is 14.8 Å². The van der Waals surface area contributed by atoms with Gasteiger partial charge in [-0.1, -0.05) is 18.2 Å². The highest BCUT2D eigenvalue weighted by Crippen LogP contribution is 2.41. The van der Waals surface area contributed by atoms with Crippen LogP contribution in [0.2, 0.25) is 0 Å². The molecule has 4 rings (SSSR count). The van der Waals surface area contributed by atoms with Crippen molar-refractivity contribution < 1.29 is 18.0 Å². The third-order valence-electron chi connectivity index (χ3n) is 5.65. The molecule has 0 bridgehead atoms. The summed E-state index contributed by atoms with van der Waals surface area (Å²) in [4.78, 5) is 19.1. The molecule has 0 fully saturated rings. The van der Waals surface area contributed by atoms with E-state index in [2.05, 4.69) is 9.88 Å². The molecule has 1 aliphatic heterocycles. The van der Waals surface area contributed by atoms with Crippen molar-refractivity contribution in [2.45, 2.75) is 25.6 Å². The molecule has 7 heteroatoms. The number of fused-ring (bicyclic) bond motifs is 2. The van der Waals surface area contributed by atoms with Gasteiger partial charge in [0.15, 0.2) is 0 Å². The number of amides is 1. The molecule has 1 aliphatic carbocycles. The summed E-state index contributed by atoms with van der Waals surface area (Å²) < 4.78 is 38.5. The zero-order valence-corrected chi connectivity index (χ0v) is 15.3. The monoisotopic (exact) mass is 377 g/mol. The van der Waals surface area contributed by atoms with Crippen molar-refractivity contribution in [2.75, 3.05) is 26.7 Å². The first-order valence-corrected chi connectivity index (χ1v) is 9.15. The minimum Gasteiger partial charge on any atom is -0.361 e. The fourth-order valence-electron chi connectivity index (χ4n) is 4.40. The topological polar surface area (TPSA) is 39.3 Å². The van der Waals surface area contributed by atoms with Crippen LogP contribution in [0, 0.1) is 5.92 Å². The number of carbonyl (C=O) groups is 1. The summed E-state index contributed by atoms with van der Waals surface area (Å²) in [7, 11) is 1.94. The quantitative estimate of drug-likeness (QED) is 0.890. The van der Waals surface area contributed by atoms with Crippen molar-refractivity contribution in [3.05, 3.63) is 41.6 Å². The molecule has 0 unspecified atom stereocenters. The third kappa shape index (κ3) is 3.14. The number of hydrogen-bond donors (Lipinski definition) is 1. The van der Waals surface area contributed by atoms with Crippen LogP contribution in [-0.4, -0.2) is 59.6 Å². The second-order valence-corrected chi connectivity index (χ2v) is 7.40. The number of hydrogen-bond acceptors (Lipinski definition) is 2. The van der Waals surface area contributed by atoms with Gasteiger partial charge in [0.05, 0.1) is 5.92 Å². The van der Waals surface area contributed by atoms with Crippen LogP contribution >= 0.6 is 0 Å². The van der Waals surface area contributed by atoms with E-state index in [9.17, 15) is 18.0 Å². The molecule has 27 heavy (non-hydrogen) atoms. The van der Waals surface area contributed by atoms with Crippen molar-refractivity contribution in [1.29, 1.82) is 0 Å². The van der Waals surface area contributed by atoms with Crippen LogP contribution in [0.1, 0.15) is 18.1 Å². The first-order chi connectivity index (χ1) is 12.8. The van der Waals surface area contributed by atoms with Crippen LogP contribution in [0.3, 0.4) is 0 Å². The number of halogens is 3. The molecule has 2 aromatic rings. The second-order valence-electron chi connectivity index (χ2n) is 7.40. The van der Waals surface area contributed by atoms with E-state index in [1.54, 1.807) is 6.92 Å². The number of alkyl halides is 3. The van der Waals surface area contributed by atoms with E-state index in [1.165, 1.54) is 5.56 Å². The molecule has 2 heterocycles. The van der Waals surface area contributed by atoms with Crippen LogP contribution in [-0.2, 0) is 11.2 Å². The highest BCUT2D eigenvalue weighted by molar-refractivity contribution is 5.99. The fourth-order valence-corrected chi connectivity index (χ4v) is 4.40. The molecule has 0 spiro atoms. The molecule has 1 N–H and O–H groups in total. The molecule has 2 atom stereocenters. The minimum absolute atomic E-state index is 0.0443. The highest BCUT2D eigenvalue weighted by atomic mass is 19.4. The van der Waals surface area contributed by atoms with E-state index < -0.39 is 24.5 Å². The minimum atomic E-state index is -4.39. The predicted molar refractivity (Wildman–Crippen MR) is 98.2 cm³/mol. The van der Waals surface area contributed by atoms with Gasteiger partial charge in [0.2, 0.25) is 5.91 Å². The lowest BCUT2D eigenvalue weighted by Crippen LogP contribution is -2.49. The molecule has 2 aliphatic rings. The summed E-state index contributed by atoms with van der Waals surface area (Å²) in [6.07, 6.45) is 0.369. The average Bonchev–Trinajstić information content (AvgIpc) is 3.03. The number of carbonyl (C=O) groups excluding carboxylic acids is 1. The van der Waals surface area contributed by atoms with Gasteiger partial charge in [-0.3, -0.25) is 9.69 Å². The lowest BCUT2D eigenvalue weighted by Gasteiger charge is -2.40. The van der Waals surface area contributed by atoms with E-state index >= 15 is 0 Å². The average molecular weight is 377 g/mol. The van der Waals surface area contributed by atoms with Crippen LogP contribution in [0.4, 0.5) is 13.2 Å². The Morgan fingerprint density at radius 1 is 1.37 bits per heavy atom. The number of nitrogens with one attached hydrogen (secondary N) is 1. The largest absolute Gasteiger partial charge is 0.406 e. The Hall–Kier alpha value is -2.28. The molecule has 1 amide bonds. The summed E-state index contributed by atoms with van der Waals surface area (Å²) >= 11 is 0. The number of rotatable bonds is 3. The maximum absolute atomic E-state index is 12.8. The first kappa shape index (κ1) is 18.1. The van der Waals surface area contributed by atoms with Gasteiger partial charge in [0.25, 0.3) is 0 Å². The Bertz CT molecular complexity index is 915. The van der Waals surface area contributed by atoms with Crippen molar-refractivity contribution in [3.8, 4) is 0 Å². The summed E-state index contributed by atoms with van der Waals surface area (Å²) in [5, 5.41) is 1.16. The molecule has 0 saturated carbocycles. The molecular formula is C20H22F3N3O. The van der Waals surface area contributed by atoms with E-state index in [0.717, 1.165) is 33.4 Å². The maximum atomic E-state index is 12.8. The molecule has 0 radical (unpaired) electrons. The van der Waals surface area contributed by atoms with E-state index in [4.69, 9.17) is 0 Å². The van der Waals surface area contributed by atoms with Crippen molar-refractivity contribution in [2.24, 2.45) is 5.92 Å². The molecule has 1 aromatic heterocycles. The normalized spacial score (nSPS) is 22.5. The molecule has 0 saturated heterocycles. The molecule has 4 nitrogen and oxygen atoms in total. The SMILES string of the molecule is CCN(CC(F)(F)F)C(=O)[C@@H]1C=C2c3cccc4[nH]cc(c34)C[C@H]2N(C)C1. The number of benzene rings is 1. The summed E-state index contributed by atoms with van der Waals surface area (Å²) in [6.45, 7) is 0.853. The summed E-state index contributed by atoms with van der Waals surface area (Å²) in [5.41, 5.74) is 4.41. The predicted octanol–water partition coefficient (Wildman–Crippen LogP) is 3.45. The van der Waals surface area contributed by atoms with Gasteiger partial charge < -0.3 is 9.88 Å². The number of H-pyrrole nitrogens is 1. The lowest BCUT2D eigenvalue weighted by atomic mass is 9.79. The highest BCUT2D eigenvalue weighted by Gasteiger charge is 2.39.